The number of carbonyl (C=O) groups is 2. The van der Waals surface area contributed by atoms with E-state index in [1.807, 2.05) is 36.4 Å². The van der Waals surface area contributed by atoms with Crippen molar-refractivity contribution >= 4 is 27.8 Å². The van der Waals surface area contributed by atoms with Crippen LogP contribution < -0.4 is 5.32 Å². The molecule has 5 heteroatoms. The Hall–Kier alpha value is -2.14. The smallest absolute Gasteiger partial charge is 0.308 e. The lowest BCUT2D eigenvalue weighted by Gasteiger charge is -2.20. The Morgan fingerprint density at radius 1 is 1.04 bits per heavy atom. The van der Waals surface area contributed by atoms with Gasteiger partial charge >= 0.3 is 5.97 Å². The van der Waals surface area contributed by atoms with Gasteiger partial charge in [-0.2, -0.15) is 0 Å². The number of carbonyl (C=O) groups excluding carboxylic acids is 2. The highest BCUT2D eigenvalue weighted by Gasteiger charge is 2.21. The van der Waals surface area contributed by atoms with Crippen LogP contribution in [0.1, 0.15) is 42.2 Å². The summed E-state index contributed by atoms with van der Waals surface area (Å²) >= 11 is 3.37. The molecule has 24 heavy (non-hydrogen) atoms. The zero-order valence-electron chi connectivity index (χ0n) is 13.7. The number of hydrogen-bond donors (Lipinski definition) is 1. The van der Waals surface area contributed by atoms with Crippen LogP contribution in [0.2, 0.25) is 0 Å². The van der Waals surface area contributed by atoms with E-state index >= 15 is 0 Å². The van der Waals surface area contributed by atoms with Crippen LogP contribution in [0.15, 0.2) is 59.1 Å². The lowest BCUT2D eigenvalue weighted by atomic mass is 10.0. The van der Waals surface area contributed by atoms with Crippen molar-refractivity contribution in [2.24, 2.45) is 0 Å². The van der Waals surface area contributed by atoms with E-state index in [1.54, 1.807) is 32.0 Å². The third-order valence-electron chi connectivity index (χ3n) is 3.36. The highest BCUT2D eigenvalue weighted by Crippen LogP contribution is 2.21. The third-order valence-corrected chi connectivity index (χ3v) is 4.06. The zero-order chi connectivity index (χ0) is 17.5. The van der Waals surface area contributed by atoms with E-state index in [0.717, 1.165) is 5.56 Å². The van der Waals surface area contributed by atoms with Crippen molar-refractivity contribution in [1.29, 1.82) is 0 Å². The van der Waals surface area contributed by atoms with Crippen molar-refractivity contribution < 1.29 is 14.3 Å². The predicted octanol–water partition coefficient (Wildman–Crippen LogP) is 4.26. The van der Waals surface area contributed by atoms with Gasteiger partial charge < -0.3 is 10.1 Å². The van der Waals surface area contributed by atoms with E-state index in [9.17, 15) is 9.59 Å². The molecule has 126 valence electrons. The minimum atomic E-state index is -0.447. The highest BCUT2D eigenvalue weighted by molar-refractivity contribution is 9.10. The maximum absolute atomic E-state index is 12.6. The first-order chi connectivity index (χ1) is 11.5. The van der Waals surface area contributed by atoms with Crippen LogP contribution in [-0.2, 0) is 9.53 Å². The summed E-state index contributed by atoms with van der Waals surface area (Å²) in [5.41, 5.74) is 1.38. The van der Waals surface area contributed by atoms with E-state index < -0.39 is 6.04 Å². The molecule has 2 aromatic carbocycles. The van der Waals surface area contributed by atoms with Crippen molar-refractivity contribution in [2.75, 3.05) is 0 Å². The standard InChI is InChI=1S/C19H20BrNO3/c1-13(2)24-18(22)12-17(14-8-4-3-5-9-14)21-19(23)15-10-6-7-11-16(15)20/h3-11,13,17H,12H2,1-2H3,(H,21,23). The fourth-order valence-electron chi connectivity index (χ4n) is 2.30. The normalized spacial score (nSPS) is 11.8. The Morgan fingerprint density at radius 3 is 2.29 bits per heavy atom. The monoisotopic (exact) mass is 389 g/mol. The number of hydrogen-bond acceptors (Lipinski definition) is 3. The van der Waals surface area contributed by atoms with Gasteiger partial charge in [-0.05, 0) is 47.5 Å². The molecule has 0 radical (unpaired) electrons. The molecule has 1 amide bonds. The van der Waals surface area contributed by atoms with Crippen molar-refractivity contribution in [3.63, 3.8) is 0 Å². The van der Waals surface area contributed by atoms with Crippen LogP contribution in [0.4, 0.5) is 0 Å². The van der Waals surface area contributed by atoms with Crippen LogP contribution in [0.3, 0.4) is 0 Å². The molecule has 0 aromatic heterocycles. The summed E-state index contributed by atoms with van der Waals surface area (Å²) in [7, 11) is 0. The molecule has 0 aliphatic heterocycles. The summed E-state index contributed by atoms with van der Waals surface area (Å²) in [5.74, 6) is -0.583. The van der Waals surface area contributed by atoms with Gasteiger partial charge in [0.15, 0.2) is 0 Å². The summed E-state index contributed by atoms with van der Waals surface area (Å²) < 4.78 is 5.92. The molecular weight excluding hydrogens is 370 g/mol. The van der Waals surface area contributed by atoms with Crippen molar-refractivity contribution in [3.8, 4) is 0 Å². The highest BCUT2D eigenvalue weighted by atomic mass is 79.9. The van der Waals surface area contributed by atoms with Gasteiger partial charge in [-0.3, -0.25) is 9.59 Å². The summed E-state index contributed by atoms with van der Waals surface area (Å²) in [6, 6.07) is 16.1. The van der Waals surface area contributed by atoms with Crippen molar-refractivity contribution in [1.82, 2.24) is 5.32 Å². The minimum Gasteiger partial charge on any atom is -0.463 e. The third kappa shape index (κ3) is 5.20. The van der Waals surface area contributed by atoms with Crippen molar-refractivity contribution in [2.45, 2.75) is 32.4 Å². The first-order valence-electron chi connectivity index (χ1n) is 7.77. The fourth-order valence-corrected chi connectivity index (χ4v) is 2.76. The molecule has 0 fully saturated rings. The number of rotatable bonds is 6. The van der Waals surface area contributed by atoms with Gasteiger partial charge in [-0.25, -0.2) is 0 Å². The average molecular weight is 390 g/mol. The number of ether oxygens (including phenoxy) is 1. The lowest BCUT2D eigenvalue weighted by Crippen LogP contribution is -2.31. The molecule has 0 aliphatic rings. The van der Waals surface area contributed by atoms with Crippen LogP contribution in [0.5, 0.6) is 0 Å². The molecule has 0 spiro atoms. The topological polar surface area (TPSA) is 55.4 Å². The summed E-state index contributed by atoms with van der Waals surface area (Å²) in [5, 5.41) is 2.92. The molecule has 0 aliphatic carbocycles. The second-order valence-electron chi connectivity index (χ2n) is 5.66. The van der Waals surface area contributed by atoms with Gasteiger partial charge in [0.1, 0.15) is 0 Å². The second-order valence-corrected chi connectivity index (χ2v) is 6.51. The van der Waals surface area contributed by atoms with E-state index in [2.05, 4.69) is 21.2 Å². The Balaban J connectivity index is 2.18. The Morgan fingerprint density at radius 2 is 1.67 bits per heavy atom. The van der Waals surface area contributed by atoms with E-state index in [4.69, 9.17) is 4.74 Å². The van der Waals surface area contributed by atoms with Gasteiger partial charge in [0.2, 0.25) is 0 Å². The Bertz CT molecular complexity index is 701. The molecule has 0 saturated heterocycles. The first kappa shape index (κ1) is 18.2. The van der Waals surface area contributed by atoms with E-state index in [1.165, 1.54) is 0 Å². The van der Waals surface area contributed by atoms with Gasteiger partial charge in [-0.15, -0.1) is 0 Å². The van der Waals surface area contributed by atoms with Gasteiger partial charge in [0.05, 0.1) is 24.1 Å². The average Bonchev–Trinajstić information content (AvgIpc) is 2.54. The maximum Gasteiger partial charge on any atom is 0.308 e. The number of esters is 1. The second kappa shape index (κ2) is 8.64. The molecule has 1 N–H and O–H groups in total. The number of nitrogens with one attached hydrogen (secondary N) is 1. The molecule has 1 unspecified atom stereocenters. The number of benzene rings is 2. The Labute approximate surface area is 150 Å². The maximum atomic E-state index is 12.6. The van der Waals surface area contributed by atoms with Gasteiger partial charge in [-0.1, -0.05) is 42.5 Å². The molecule has 2 rings (SSSR count). The van der Waals surface area contributed by atoms with Crippen LogP contribution in [-0.4, -0.2) is 18.0 Å². The molecule has 4 nitrogen and oxygen atoms in total. The molecule has 0 saturated carbocycles. The quantitative estimate of drug-likeness (QED) is 0.750. The minimum absolute atomic E-state index is 0.0817. The van der Waals surface area contributed by atoms with E-state index in [0.29, 0.717) is 10.0 Å². The van der Waals surface area contributed by atoms with Crippen LogP contribution in [0.25, 0.3) is 0 Å². The van der Waals surface area contributed by atoms with Gasteiger partial charge in [0.25, 0.3) is 5.91 Å². The predicted molar refractivity (Wildman–Crippen MR) is 96.6 cm³/mol. The van der Waals surface area contributed by atoms with Crippen molar-refractivity contribution in [3.05, 3.63) is 70.2 Å². The fraction of sp³-hybridized carbons (Fsp3) is 0.263. The number of amides is 1. The number of halogens is 1. The summed E-state index contributed by atoms with van der Waals surface area (Å²) in [6.07, 6.45) is -0.105. The molecule has 0 bridgehead atoms. The first-order valence-corrected chi connectivity index (χ1v) is 8.56. The Kier molecular flexibility index (Phi) is 6.55. The van der Waals surface area contributed by atoms with E-state index in [-0.39, 0.29) is 24.4 Å². The lowest BCUT2D eigenvalue weighted by molar-refractivity contribution is -0.147. The molecule has 0 heterocycles. The molecule has 2 aromatic rings. The summed E-state index contributed by atoms with van der Waals surface area (Å²) in [6.45, 7) is 3.60. The van der Waals surface area contributed by atoms with Crippen LogP contribution in [0, 0.1) is 0 Å². The molecular formula is C19H20BrNO3. The zero-order valence-corrected chi connectivity index (χ0v) is 15.2. The largest absolute Gasteiger partial charge is 0.463 e. The molecule has 1 atom stereocenters. The van der Waals surface area contributed by atoms with Gasteiger partial charge in [0, 0.05) is 4.47 Å². The van der Waals surface area contributed by atoms with Crippen LogP contribution >= 0.6 is 15.9 Å². The SMILES string of the molecule is CC(C)OC(=O)CC(NC(=O)c1ccccc1Br)c1ccccc1. The summed E-state index contributed by atoms with van der Waals surface area (Å²) in [4.78, 5) is 24.6.